The third-order valence-corrected chi connectivity index (χ3v) is 5.58. The molecule has 0 spiro atoms. The van der Waals surface area contributed by atoms with Gasteiger partial charge in [-0.1, -0.05) is 50.1 Å². The number of hydrogen-bond donors (Lipinski definition) is 3. The number of nitrogens with one attached hydrogen (secondary N) is 3. The predicted octanol–water partition coefficient (Wildman–Crippen LogP) is 1.05. The largest absolute Gasteiger partial charge is 0.329 e. The van der Waals surface area contributed by atoms with E-state index < -0.39 is 29.6 Å². The topological polar surface area (TPSA) is 148 Å². The maximum atomic E-state index is 12.9. The molecule has 0 radical (unpaired) electrons. The normalized spacial score (nSPS) is 11.0. The van der Waals surface area contributed by atoms with Crippen molar-refractivity contribution in [2.24, 2.45) is 0 Å². The summed E-state index contributed by atoms with van der Waals surface area (Å²) >= 11 is 0. The zero-order chi connectivity index (χ0) is 24.9. The molecular weight excluding hydrogens is 452 g/mol. The van der Waals surface area contributed by atoms with Gasteiger partial charge in [0.25, 0.3) is 22.9 Å². The molecule has 0 saturated carbocycles. The number of rotatable bonds is 7. The lowest BCUT2D eigenvalue weighted by Crippen LogP contribution is -2.45. The standard InChI is InChI=1S/C24H24N6O5/c1-2-3-8-13-30-23(34)16-10-5-4-9-15(16)20(28-30)22(33)27-26-19(31)14-29-18-12-7-6-11-17(18)21(32)25-24(29)35/h4-7,9-12H,2-3,8,13-14H2,1H3,(H,26,31)(H,27,33)(H,25,32,35). The van der Waals surface area contributed by atoms with Gasteiger partial charge >= 0.3 is 5.69 Å². The molecule has 2 amide bonds. The number of hydrazine groups is 1. The van der Waals surface area contributed by atoms with Crippen LogP contribution < -0.4 is 27.7 Å². The average molecular weight is 476 g/mol. The fourth-order valence-electron chi connectivity index (χ4n) is 3.83. The van der Waals surface area contributed by atoms with Crippen LogP contribution in [-0.4, -0.2) is 31.1 Å². The number of benzene rings is 2. The van der Waals surface area contributed by atoms with Crippen LogP contribution in [0.2, 0.25) is 0 Å². The molecule has 2 aromatic heterocycles. The average Bonchev–Trinajstić information content (AvgIpc) is 2.86. The Bertz CT molecular complexity index is 1600. The van der Waals surface area contributed by atoms with Crippen molar-refractivity contribution in [1.29, 1.82) is 0 Å². The van der Waals surface area contributed by atoms with E-state index in [-0.39, 0.29) is 22.2 Å². The maximum Gasteiger partial charge on any atom is 0.329 e. The first-order chi connectivity index (χ1) is 16.9. The Labute approximate surface area is 198 Å². The Kier molecular flexibility index (Phi) is 6.86. The summed E-state index contributed by atoms with van der Waals surface area (Å²) in [6.07, 6.45) is 2.62. The second-order valence-corrected chi connectivity index (χ2v) is 7.99. The minimum atomic E-state index is -0.748. The van der Waals surface area contributed by atoms with E-state index in [0.29, 0.717) is 17.3 Å². The Morgan fingerprint density at radius 1 is 0.914 bits per heavy atom. The van der Waals surface area contributed by atoms with Crippen molar-refractivity contribution >= 4 is 33.5 Å². The molecule has 4 aromatic rings. The summed E-state index contributed by atoms with van der Waals surface area (Å²) < 4.78 is 2.36. The van der Waals surface area contributed by atoms with Crippen molar-refractivity contribution in [2.75, 3.05) is 0 Å². The van der Waals surface area contributed by atoms with Gasteiger partial charge in [-0.25, -0.2) is 9.48 Å². The Balaban J connectivity index is 1.56. The molecule has 0 aliphatic rings. The number of amides is 2. The third kappa shape index (κ3) is 4.88. The van der Waals surface area contributed by atoms with Crippen LogP contribution in [0.4, 0.5) is 0 Å². The molecule has 35 heavy (non-hydrogen) atoms. The maximum absolute atomic E-state index is 12.9. The number of carbonyl (C=O) groups excluding carboxylic acids is 2. The van der Waals surface area contributed by atoms with E-state index >= 15 is 0 Å². The first-order valence-corrected chi connectivity index (χ1v) is 11.2. The molecule has 11 heteroatoms. The molecule has 4 rings (SSSR count). The van der Waals surface area contributed by atoms with Gasteiger partial charge < -0.3 is 0 Å². The summed E-state index contributed by atoms with van der Waals surface area (Å²) in [5.74, 6) is -1.41. The number of carbonyl (C=O) groups is 2. The van der Waals surface area contributed by atoms with Crippen molar-refractivity contribution in [1.82, 2.24) is 30.2 Å². The molecule has 0 bridgehead atoms. The zero-order valence-corrected chi connectivity index (χ0v) is 19.0. The highest BCUT2D eigenvalue weighted by molar-refractivity contribution is 6.05. The summed E-state index contributed by atoms with van der Waals surface area (Å²) in [5.41, 5.74) is 3.25. The van der Waals surface area contributed by atoms with Gasteiger partial charge in [0.05, 0.1) is 16.3 Å². The smallest absolute Gasteiger partial charge is 0.284 e. The van der Waals surface area contributed by atoms with E-state index in [9.17, 15) is 24.0 Å². The van der Waals surface area contributed by atoms with Gasteiger partial charge in [-0.3, -0.25) is 39.6 Å². The summed E-state index contributed by atoms with van der Waals surface area (Å²) in [7, 11) is 0. The highest BCUT2D eigenvalue weighted by atomic mass is 16.2. The summed E-state index contributed by atoms with van der Waals surface area (Å²) in [4.78, 5) is 64.7. The van der Waals surface area contributed by atoms with E-state index in [1.807, 2.05) is 6.92 Å². The van der Waals surface area contributed by atoms with E-state index in [1.54, 1.807) is 42.5 Å². The lowest BCUT2D eigenvalue weighted by Gasteiger charge is -2.13. The van der Waals surface area contributed by atoms with Crippen LogP contribution in [0.5, 0.6) is 0 Å². The number of fused-ring (bicyclic) bond motifs is 2. The van der Waals surface area contributed by atoms with Crippen LogP contribution in [0.15, 0.2) is 62.9 Å². The fourth-order valence-corrected chi connectivity index (χ4v) is 3.83. The second kappa shape index (κ2) is 10.2. The van der Waals surface area contributed by atoms with Crippen LogP contribution in [-0.2, 0) is 17.9 Å². The Morgan fingerprint density at radius 3 is 2.34 bits per heavy atom. The van der Waals surface area contributed by atoms with Gasteiger partial charge in [-0.15, -0.1) is 0 Å². The molecule has 2 aromatic carbocycles. The highest BCUT2D eigenvalue weighted by Gasteiger charge is 2.18. The minimum Gasteiger partial charge on any atom is -0.284 e. The van der Waals surface area contributed by atoms with Crippen molar-refractivity contribution < 1.29 is 9.59 Å². The molecule has 180 valence electrons. The van der Waals surface area contributed by atoms with Crippen molar-refractivity contribution in [3.63, 3.8) is 0 Å². The number of nitrogens with zero attached hydrogens (tertiary/aromatic N) is 3. The van der Waals surface area contributed by atoms with E-state index in [0.717, 1.165) is 23.8 Å². The van der Waals surface area contributed by atoms with Crippen LogP contribution in [0.1, 0.15) is 36.7 Å². The van der Waals surface area contributed by atoms with Gasteiger partial charge in [0.1, 0.15) is 6.54 Å². The van der Waals surface area contributed by atoms with Gasteiger partial charge in [0, 0.05) is 11.9 Å². The van der Waals surface area contributed by atoms with Crippen LogP contribution in [0, 0.1) is 0 Å². The Morgan fingerprint density at radius 2 is 1.60 bits per heavy atom. The first-order valence-electron chi connectivity index (χ1n) is 11.2. The number of H-pyrrole nitrogens is 1. The summed E-state index contributed by atoms with van der Waals surface area (Å²) in [6.45, 7) is 1.97. The van der Waals surface area contributed by atoms with Gasteiger partial charge in [-0.2, -0.15) is 5.10 Å². The van der Waals surface area contributed by atoms with Crippen LogP contribution >= 0.6 is 0 Å². The molecule has 0 fully saturated rings. The quantitative estimate of drug-likeness (QED) is 0.268. The SMILES string of the molecule is CCCCCn1nc(C(=O)NNC(=O)Cn2c(=O)[nH]c(=O)c3ccccc32)c2ccccc2c1=O. The molecular formula is C24H24N6O5. The molecule has 0 saturated heterocycles. The molecule has 0 unspecified atom stereocenters. The lowest BCUT2D eigenvalue weighted by molar-refractivity contribution is -0.122. The van der Waals surface area contributed by atoms with E-state index in [2.05, 4.69) is 20.9 Å². The monoisotopic (exact) mass is 476 g/mol. The molecule has 0 aliphatic carbocycles. The molecule has 2 heterocycles. The molecule has 0 atom stereocenters. The van der Waals surface area contributed by atoms with E-state index in [1.165, 1.54) is 10.7 Å². The second-order valence-electron chi connectivity index (χ2n) is 7.99. The molecule has 3 N–H and O–H groups in total. The van der Waals surface area contributed by atoms with Crippen LogP contribution in [0.25, 0.3) is 21.7 Å². The summed E-state index contributed by atoms with van der Waals surface area (Å²) in [5, 5.41) is 5.21. The summed E-state index contributed by atoms with van der Waals surface area (Å²) in [6, 6.07) is 13.0. The van der Waals surface area contributed by atoms with Gasteiger partial charge in [-0.05, 0) is 24.6 Å². The van der Waals surface area contributed by atoms with Crippen LogP contribution in [0.3, 0.4) is 0 Å². The molecule has 0 aliphatic heterocycles. The van der Waals surface area contributed by atoms with Crippen molar-refractivity contribution in [3.05, 3.63) is 85.4 Å². The van der Waals surface area contributed by atoms with Gasteiger partial charge in [0.15, 0.2) is 5.69 Å². The minimum absolute atomic E-state index is 0.0105. The number of hydrogen-bond acceptors (Lipinski definition) is 6. The fraction of sp³-hybridized carbons (Fsp3) is 0.250. The lowest BCUT2D eigenvalue weighted by atomic mass is 10.1. The van der Waals surface area contributed by atoms with Crippen molar-refractivity contribution in [3.8, 4) is 0 Å². The number of para-hydroxylation sites is 1. The predicted molar refractivity (Wildman–Crippen MR) is 130 cm³/mol. The Hall–Kier alpha value is -4.54. The van der Waals surface area contributed by atoms with Gasteiger partial charge in [0.2, 0.25) is 0 Å². The first kappa shape index (κ1) is 23.6. The number of unbranched alkanes of at least 4 members (excludes halogenated alkanes) is 2. The number of aromatic amines is 1. The number of aryl methyl sites for hydroxylation is 1. The van der Waals surface area contributed by atoms with E-state index in [4.69, 9.17) is 0 Å². The number of aromatic nitrogens is 4. The highest BCUT2D eigenvalue weighted by Crippen LogP contribution is 2.13. The zero-order valence-electron chi connectivity index (χ0n) is 19.0. The third-order valence-electron chi connectivity index (χ3n) is 5.58. The van der Waals surface area contributed by atoms with Crippen molar-refractivity contribution in [2.45, 2.75) is 39.3 Å². The molecule has 11 nitrogen and oxygen atoms in total.